The lowest BCUT2D eigenvalue weighted by atomic mass is 10.2. The minimum Gasteiger partial charge on any atom is -0.493 e. The molecular weight excluding hydrogens is 338 g/mol. The first kappa shape index (κ1) is 17.9. The maximum absolute atomic E-state index is 5.93. The van der Waals surface area contributed by atoms with Crippen LogP contribution in [0, 0.1) is 0 Å². The molecule has 142 valence electrons. The number of fused-ring (bicyclic) bond motifs is 1. The molecule has 2 heterocycles. The molecule has 1 atom stereocenters. The summed E-state index contributed by atoms with van der Waals surface area (Å²) in [6.07, 6.45) is 3.38. The molecule has 0 bridgehead atoms. The molecule has 1 aliphatic heterocycles. The third-order valence-corrected chi connectivity index (χ3v) is 5.40. The Morgan fingerprint density at radius 2 is 1.85 bits per heavy atom. The molecule has 5 nitrogen and oxygen atoms in total. The topological polar surface area (TPSA) is 39.5 Å². The van der Waals surface area contributed by atoms with Crippen molar-refractivity contribution in [2.75, 3.05) is 26.8 Å². The van der Waals surface area contributed by atoms with Crippen LogP contribution in [0.2, 0.25) is 0 Å². The molecule has 1 aromatic heterocycles. The van der Waals surface area contributed by atoms with Crippen LogP contribution in [0.5, 0.6) is 11.5 Å². The van der Waals surface area contributed by atoms with Gasteiger partial charge >= 0.3 is 0 Å². The molecule has 0 aliphatic carbocycles. The number of aromatic nitrogens is 2. The largest absolute Gasteiger partial charge is 0.493 e. The molecule has 27 heavy (non-hydrogen) atoms. The van der Waals surface area contributed by atoms with E-state index in [0.29, 0.717) is 12.6 Å². The van der Waals surface area contributed by atoms with Crippen LogP contribution in [0.25, 0.3) is 11.0 Å². The summed E-state index contributed by atoms with van der Waals surface area (Å²) in [5.41, 5.74) is 2.29. The number of para-hydroxylation sites is 4. The van der Waals surface area contributed by atoms with E-state index in [0.717, 1.165) is 36.5 Å². The highest BCUT2D eigenvalue weighted by molar-refractivity contribution is 5.75. The molecule has 5 heteroatoms. The summed E-state index contributed by atoms with van der Waals surface area (Å²) in [5, 5.41) is 0. The Morgan fingerprint density at radius 1 is 1.07 bits per heavy atom. The van der Waals surface area contributed by atoms with Crippen LogP contribution in [-0.4, -0.2) is 41.3 Å². The van der Waals surface area contributed by atoms with Gasteiger partial charge < -0.3 is 14.0 Å². The van der Waals surface area contributed by atoms with Gasteiger partial charge in [0.1, 0.15) is 5.82 Å². The van der Waals surface area contributed by atoms with Gasteiger partial charge in [0.15, 0.2) is 11.5 Å². The second-order valence-electron chi connectivity index (χ2n) is 7.06. The molecule has 1 fully saturated rings. The quantitative estimate of drug-likeness (QED) is 0.589. The second kappa shape index (κ2) is 8.01. The first-order chi connectivity index (χ1) is 13.3. The molecular formula is C22H27N3O2. The Hall–Kier alpha value is -2.53. The number of nitrogens with zero attached hydrogens (tertiary/aromatic N) is 3. The highest BCUT2D eigenvalue weighted by Crippen LogP contribution is 2.33. The number of aryl methyl sites for hydroxylation is 1. The lowest BCUT2D eigenvalue weighted by molar-refractivity contribution is 0.212. The highest BCUT2D eigenvalue weighted by Gasteiger charge is 2.29. The van der Waals surface area contributed by atoms with Crippen molar-refractivity contribution in [3.8, 4) is 11.5 Å². The smallest absolute Gasteiger partial charge is 0.161 e. The van der Waals surface area contributed by atoms with E-state index in [1.807, 2.05) is 24.3 Å². The van der Waals surface area contributed by atoms with E-state index in [1.165, 1.54) is 24.2 Å². The fourth-order valence-electron chi connectivity index (χ4n) is 4.04. The van der Waals surface area contributed by atoms with Gasteiger partial charge in [0.2, 0.25) is 0 Å². The van der Waals surface area contributed by atoms with Gasteiger partial charge in [-0.1, -0.05) is 24.3 Å². The summed E-state index contributed by atoms with van der Waals surface area (Å²) in [4.78, 5) is 7.46. The zero-order valence-electron chi connectivity index (χ0n) is 16.1. The van der Waals surface area contributed by atoms with Crippen molar-refractivity contribution in [1.82, 2.24) is 14.5 Å². The van der Waals surface area contributed by atoms with Gasteiger partial charge in [-0.15, -0.1) is 0 Å². The molecule has 1 unspecified atom stereocenters. The van der Waals surface area contributed by atoms with Crippen LogP contribution in [-0.2, 0) is 7.05 Å². The Morgan fingerprint density at radius 3 is 2.67 bits per heavy atom. The van der Waals surface area contributed by atoms with Crippen molar-refractivity contribution in [1.29, 1.82) is 0 Å². The summed E-state index contributed by atoms with van der Waals surface area (Å²) in [7, 11) is 3.81. The Balaban J connectivity index is 1.38. The van der Waals surface area contributed by atoms with E-state index in [-0.39, 0.29) is 0 Å². The number of hydrogen-bond donors (Lipinski definition) is 0. The average Bonchev–Trinajstić information content (AvgIpc) is 3.30. The zero-order chi connectivity index (χ0) is 18.6. The van der Waals surface area contributed by atoms with Gasteiger partial charge in [-0.3, -0.25) is 4.90 Å². The zero-order valence-corrected chi connectivity index (χ0v) is 16.1. The Labute approximate surface area is 160 Å². The minimum atomic E-state index is 0.397. The van der Waals surface area contributed by atoms with E-state index < -0.39 is 0 Å². The minimum absolute atomic E-state index is 0.397. The van der Waals surface area contributed by atoms with Gasteiger partial charge in [0.05, 0.1) is 30.8 Å². The normalized spacial score (nSPS) is 17.5. The SMILES string of the molecule is COc1ccccc1OCCCN1CCCC1c1nc2ccccc2n1C. The number of methoxy groups -OCH3 is 1. The van der Waals surface area contributed by atoms with Crippen molar-refractivity contribution in [3.63, 3.8) is 0 Å². The third-order valence-electron chi connectivity index (χ3n) is 5.40. The molecule has 0 saturated carbocycles. The van der Waals surface area contributed by atoms with Gasteiger partial charge in [-0.05, 0) is 50.1 Å². The van der Waals surface area contributed by atoms with E-state index in [9.17, 15) is 0 Å². The van der Waals surface area contributed by atoms with Crippen molar-refractivity contribution in [2.24, 2.45) is 7.05 Å². The summed E-state index contributed by atoms with van der Waals surface area (Å²) in [6.45, 7) is 2.83. The predicted molar refractivity (Wildman–Crippen MR) is 107 cm³/mol. The molecule has 0 spiro atoms. The number of likely N-dealkylation sites (tertiary alicyclic amines) is 1. The van der Waals surface area contributed by atoms with Crippen molar-refractivity contribution < 1.29 is 9.47 Å². The third kappa shape index (κ3) is 3.65. The Kier molecular flexibility index (Phi) is 5.30. The summed E-state index contributed by atoms with van der Waals surface area (Å²) < 4.78 is 13.5. The fourth-order valence-corrected chi connectivity index (χ4v) is 4.04. The number of hydrogen-bond acceptors (Lipinski definition) is 4. The maximum Gasteiger partial charge on any atom is 0.161 e. The van der Waals surface area contributed by atoms with Crippen LogP contribution >= 0.6 is 0 Å². The monoisotopic (exact) mass is 365 g/mol. The maximum atomic E-state index is 5.93. The standard InChI is InChI=1S/C22H27N3O2/c1-24-18-10-4-3-9-17(18)23-22(24)19-11-7-14-25(19)15-8-16-27-21-13-6-5-12-20(21)26-2/h3-6,9-10,12-13,19H,7-8,11,14-16H2,1-2H3. The predicted octanol–water partition coefficient (Wildman–Crippen LogP) is 4.19. The molecule has 1 aliphatic rings. The van der Waals surface area contributed by atoms with Crippen LogP contribution in [0.15, 0.2) is 48.5 Å². The van der Waals surface area contributed by atoms with Crippen LogP contribution in [0.1, 0.15) is 31.1 Å². The first-order valence-electron chi connectivity index (χ1n) is 9.69. The van der Waals surface area contributed by atoms with Crippen LogP contribution in [0.3, 0.4) is 0 Å². The molecule has 0 radical (unpaired) electrons. The molecule has 0 amide bonds. The van der Waals surface area contributed by atoms with Crippen molar-refractivity contribution >= 4 is 11.0 Å². The highest BCUT2D eigenvalue weighted by atomic mass is 16.5. The number of benzene rings is 2. The van der Waals surface area contributed by atoms with E-state index in [1.54, 1.807) is 7.11 Å². The van der Waals surface area contributed by atoms with E-state index in [2.05, 4.69) is 40.8 Å². The number of rotatable bonds is 7. The Bertz CT molecular complexity index is 905. The summed E-state index contributed by atoms with van der Waals surface area (Å²) >= 11 is 0. The van der Waals surface area contributed by atoms with E-state index in [4.69, 9.17) is 14.5 Å². The van der Waals surface area contributed by atoms with Gasteiger partial charge in [-0.25, -0.2) is 4.98 Å². The summed E-state index contributed by atoms with van der Waals surface area (Å²) in [6, 6.07) is 16.6. The molecule has 1 saturated heterocycles. The molecule has 3 aromatic rings. The van der Waals surface area contributed by atoms with E-state index >= 15 is 0 Å². The lowest BCUT2D eigenvalue weighted by Gasteiger charge is -2.24. The average molecular weight is 365 g/mol. The summed E-state index contributed by atoms with van der Waals surface area (Å²) in [5.74, 6) is 2.78. The lowest BCUT2D eigenvalue weighted by Crippen LogP contribution is -2.27. The van der Waals surface area contributed by atoms with Gasteiger partial charge in [0.25, 0.3) is 0 Å². The van der Waals surface area contributed by atoms with Crippen molar-refractivity contribution in [2.45, 2.75) is 25.3 Å². The van der Waals surface area contributed by atoms with Gasteiger partial charge in [-0.2, -0.15) is 0 Å². The molecule has 2 aromatic carbocycles. The van der Waals surface area contributed by atoms with Crippen molar-refractivity contribution in [3.05, 3.63) is 54.4 Å². The first-order valence-corrected chi connectivity index (χ1v) is 9.69. The molecule has 0 N–H and O–H groups in total. The fraction of sp³-hybridized carbons (Fsp3) is 0.409. The number of ether oxygens (including phenoxy) is 2. The number of imidazole rings is 1. The second-order valence-corrected chi connectivity index (χ2v) is 7.06. The molecule has 4 rings (SSSR count). The van der Waals surface area contributed by atoms with Crippen LogP contribution in [0.4, 0.5) is 0 Å². The van der Waals surface area contributed by atoms with Gasteiger partial charge in [0, 0.05) is 13.6 Å². The van der Waals surface area contributed by atoms with Crippen LogP contribution < -0.4 is 9.47 Å².